The van der Waals surface area contributed by atoms with Crippen LogP contribution in [0.3, 0.4) is 0 Å². The molecule has 27 heavy (non-hydrogen) atoms. The Kier molecular flexibility index (Phi) is 7.91. The number of benzene rings is 1. The van der Waals surface area contributed by atoms with Crippen LogP contribution in [0.4, 0.5) is 10.5 Å². The maximum absolute atomic E-state index is 12.0. The van der Waals surface area contributed by atoms with Gasteiger partial charge < -0.3 is 25.4 Å². The molecule has 0 aliphatic carbocycles. The molecule has 0 unspecified atom stereocenters. The molecule has 0 spiro atoms. The van der Waals surface area contributed by atoms with Gasteiger partial charge in [-0.1, -0.05) is 12.8 Å². The van der Waals surface area contributed by atoms with Gasteiger partial charge in [-0.15, -0.1) is 0 Å². The van der Waals surface area contributed by atoms with E-state index in [4.69, 9.17) is 4.74 Å². The number of anilines is 1. The third-order valence-corrected chi connectivity index (χ3v) is 4.42. The molecule has 1 aliphatic rings. The molecule has 1 aliphatic heterocycles. The molecule has 2 atom stereocenters. The van der Waals surface area contributed by atoms with Gasteiger partial charge >= 0.3 is 12.0 Å². The Labute approximate surface area is 159 Å². The number of nitrogens with one attached hydrogen (secondary N) is 3. The number of carbonyl (C=O) groups excluding carboxylic acids is 3. The molecule has 8 nitrogen and oxygen atoms in total. The fourth-order valence-electron chi connectivity index (χ4n) is 2.85. The van der Waals surface area contributed by atoms with Gasteiger partial charge in [-0.3, -0.25) is 4.79 Å². The summed E-state index contributed by atoms with van der Waals surface area (Å²) < 4.78 is 9.75. The standard InChI is InChI=1S/C19H27N3O5/c1-13-16(22-19(25)20-13)6-4-3-5-7-17(23)21-14-8-10-15(11-9-14)27-12-18(24)26-2/h8-11,13,16H,3-7,12H2,1-2H3,(H,21,23)(H2,20,22,25)/t13-,16+/m1/s1. The van der Waals surface area contributed by atoms with E-state index in [-0.39, 0.29) is 30.6 Å². The van der Waals surface area contributed by atoms with E-state index < -0.39 is 5.97 Å². The zero-order valence-electron chi connectivity index (χ0n) is 15.7. The van der Waals surface area contributed by atoms with E-state index in [1.165, 1.54) is 7.11 Å². The minimum absolute atomic E-state index is 0.0394. The molecule has 0 bridgehead atoms. The predicted molar refractivity (Wildman–Crippen MR) is 101 cm³/mol. The molecule has 148 valence electrons. The number of urea groups is 1. The smallest absolute Gasteiger partial charge is 0.343 e. The summed E-state index contributed by atoms with van der Waals surface area (Å²) in [6, 6.07) is 7.04. The van der Waals surface area contributed by atoms with Crippen LogP contribution in [0.5, 0.6) is 5.75 Å². The lowest BCUT2D eigenvalue weighted by Gasteiger charge is -2.13. The van der Waals surface area contributed by atoms with Crippen LogP contribution in [0.15, 0.2) is 24.3 Å². The van der Waals surface area contributed by atoms with E-state index in [9.17, 15) is 14.4 Å². The van der Waals surface area contributed by atoms with Gasteiger partial charge in [0.25, 0.3) is 0 Å². The van der Waals surface area contributed by atoms with Crippen LogP contribution in [0, 0.1) is 0 Å². The van der Waals surface area contributed by atoms with Crippen LogP contribution in [-0.2, 0) is 14.3 Å². The number of amides is 3. The average Bonchev–Trinajstić information content (AvgIpc) is 2.97. The molecule has 3 N–H and O–H groups in total. The van der Waals surface area contributed by atoms with E-state index in [1.54, 1.807) is 24.3 Å². The fourth-order valence-corrected chi connectivity index (χ4v) is 2.85. The number of rotatable bonds is 10. The Morgan fingerprint density at radius 1 is 1.11 bits per heavy atom. The van der Waals surface area contributed by atoms with Gasteiger partial charge in [0.05, 0.1) is 13.2 Å². The highest BCUT2D eigenvalue weighted by molar-refractivity contribution is 5.90. The fraction of sp³-hybridized carbons (Fsp3) is 0.526. The Bertz CT molecular complexity index is 647. The molecule has 0 aromatic heterocycles. The lowest BCUT2D eigenvalue weighted by Crippen LogP contribution is -2.30. The number of hydrogen-bond acceptors (Lipinski definition) is 5. The van der Waals surface area contributed by atoms with E-state index >= 15 is 0 Å². The highest BCUT2D eigenvalue weighted by Gasteiger charge is 2.26. The maximum atomic E-state index is 12.0. The topological polar surface area (TPSA) is 106 Å². The van der Waals surface area contributed by atoms with Crippen LogP contribution >= 0.6 is 0 Å². The van der Waals surface area contributed by atoms with Gasteiger partial charge in [0, 0.05) is 18.2 Å². The number of esters is 1. The highest BCUT2D eigenvalue weighted by atomic mass is 16.6. The van der Waals surface area contributed by atoms with Crippen molar-refractivity contribution in [3.8, 4) is 5.75 Å². The van der Waals surface area contributed by atoms with Crippen molar-refractivity contribution in [2.75, 3.05) is 19.0 Å². The van der Waals surface area contributed by atoms with Crippen molar-refractivity contribution < 1.29 is 23.9 Å². The van der Waals surface area contributed by atoms with Gasteiger partial charge in [0.1, 0.15) is 5.75 Å². The van der Waals surface area contributed by atoms with Gasteiger partial charge in [-0.05, 0) is 44.0 Å². The molecule has 1 heterocycles. The van der Waals surface area contributed by atoms with Gasteiger partial charge in [-0.2, -0.15) is 0 Å². The van der Waals surface area contributed by atoms with Crippen molar-refractivity contribution in [3.63, 3.8) is 0 Å². The molecule has 0 radical (unpaired) electrons. The van der Waals surface area contributed by atoms with Crippen molar-refractivity contribution in [1.29, 1.82) is 0 Å². The molecule has 3 amide bonds. The second-order valence-corrected chi connectivity index (χ2v) is 6.55. The van der Waals surface area contributed by atoms with E-state index in [0.717, 1.165) is 25.7 Å². The summed E-state index contributed by atoms with van der Waals surface area (Å²) in [6.45, 7) is 1.84. The lowest BCUT2D eigenvalue weighted by atomic mass is 10.0. The summed E-state index contributed by atoms with van der Waals surface area (Å²) in [5.74, 6) is 0.0389. The molecule has 2 rings (SSSR count). The molecule has 1 aromatic rings. The number of unbranched alkanes of at least 4 members (excludes halogenated alkanes) is 2. The van der Waals surface area contributed by atoms with Crippen LogP contribution in [0.2, 0.25) is 0 Å². The van der Waals surface area contributed by atoms with Crippen LogP contribution < -0.4 is 20.7 Å². The van der Waals surface area contributed by atoms with E-state index in [2.05, 4.69) is 20.7 Å². The van der Waals surface area contributed by atoms with Crippen molar-refractivity contribution in [2.45, 2.75) is 51.1 Å². The van der Waals surface area contributed by atoms with Crippen LogP contribution in [-0.4, -0.2) is 43.7 Å². The van der Waals surface area contributed by atoms with Gasteiger partial charge in [-0.25, -0.2) is 9.59 Å². The molecular formula is C19H27N3O5. The van der Waals surface area contributed by atoms with Gasteiger partial charge in [0.15, 0.2) is 6.61 Å². The first-order chi connectivity index (χ1) is 13.0. The quantitative estimate of drug-likeness (QED) is 0.428. The summed E-state index contributed by atoms with van der Waals surface area (Å²) in [5.41, 5.74) is 0.680. The first-order valence-electron chi connectivity index (χ1n) is 9.14. The summed E-state index contributed by atoms with van der Waals surface area (Å²) in [6.07, 6.45) is 4.07. The van der Waals surface area contributed by atoms with Crippen molar-refractivity contribution in [1.82, 2.24) is 10.6 Å². The second kappa shape index (κ2) is 10.4. The lowest BCUT2D eigenvalue weighted by molar-refractivity contribution is -0.142. The predicted octanol–water partition coefficient (Wildman–Crippen LogP) is 2.20. The molecule has 1 aromatic carbocycles. The molecule has 1 fully saturated rings. The first-order valence-corrected chi connectivity index (χ1v) is 9.14. The summed E-state index contributed by atoms with van der Waals surface area (Å²) >= 11 is 0. The van der Waals surface area contributed by atoms with E-state index in [1.807, 2.05) is 6.92 Å². The normalized spacial score (nSPS) is 18.4. The maximum Gasteiger partial charge on any atom is 0.343 e. The first kappa shape index (κ1) is 20.5. The minimum Gasteiger partial charge on any atom is -0.482 e. The van der Waals surface area contributed by atoms with Crippen molar-refractivity contribution in [3.05, 3.63) is 24.3 Å². The molecule has 8 heteroatoms. The number of ether oxygens (including phenoxy) is 2. The average molecular weight is 377 g/mol. The number of hydrogen-bond donors (Lipinski definition) is 3. The largest absolute Gasteiger partial charge is 0.482 e. The Morgan fingerprint density at radius 3 is 2.48 bits per heavy atom. The Balaban J connectivity index is 1.60. The number of carbonyl (C=O) groups is 3. The SMILES string of the molecule is COC(=O)COc1ccc(NC(=O)CCCCC[C@@H]2NC(=O)N[C@@H]2C)cc1. The van der Waals surface area contributed by atoms with Crippen molar-refractivity contribution in [2.24, 2.45) is 0 Å². The third kappa shape index (κ3) is 7.16. The molecular weight excluding hydrogens is 350 g/mol. The highest BCUT2D eigenvalue weighted by Crippen LogP contribution is 2.17. The Morgan fingerprint density at radius 2 is 1.85 bits per heavy atom. The summed E-state index contributed by atoms with van der Waals surface area (Å²) in [5, 5.41) is 8.56. The zero-order chi connectivity index (χ0) is 19.6. The minimum atomic E-state index is -0.451. The van der Waals surface area contributed by atoms with Gasteiger partial charge in [0.2, 0.25) is 5.91 Å². The summed E-state index contributed by atoms with van der Waals surface area (Å²) in [7, 11) is 1.30. The molecule has 1 saturated heterocycles. The van der Waals surface area contributed by atoms with E-state index in [0.29, 0.717) is 17.9 Å². The number of methoxy groups -OCH3 is 1. The second-order valence-electron chi connectivity index (χ2n) is 6.55. The van der Waals surface area contributed by atoms with Crippen molar-refractivity contribution >= 4 is 23.6 Å². The molecule has 0 saturated carbocycles. The Hall–Kier alpha value is -2.77. The summed E-state index contributed by atoms with van der Waals surface area (Å²) in [4.78, 5) is 34.2. The van der Waals surface area contributed by atoms with Crippen LogP contribution in [0.1, 0.15) is 39.0 Å². The monoisotopic (exact) mass is 377 g/mol. The third-order valence-electron chi connectivity index (χ3n) is 4.42. The van der Waals surface area contributed by atoms with Crippen LogP contribution in [0.25, 0.3) is 0 Å². The zero-order valence-corrected chi connectivity index (χ0v) is 15.7.